The van der Waals surface area contributed by atoms with Gasteiger partial charge in [0.25, 0.3) is 0 Å². The molecule has 0 aliphatic carbocycles. The highest BCUT2D eigenvalue weighted by Gasteiger charge is 2.25. The van der Waals surface area contributed by atoms with E-state index in [0.717, 1.165) is 5.01 Å². The first-order chi connectivity index (χ1) is 6.77. The van der Waals surface area contributed by atoms with Crippen LogP contribution in [0.3, 0.4) is 0 Å². The minimum absolute atomic E-state index is 0.184. The summed E-state index contributed by atoms with van der Waals surface area (Å²) in [5.74, 6) is -0.368. The Bertz CT molecular complexity index is 333. The topological polar surface area (TPSA) is 62.3 Å². The van der Waals surface area contributed by atoms with Gasteiger partial charge in [-0.2, -0.15) is 0 Å². The molecular weight excluding hydrogens is 202 g/mol. The quantitative estimate of drug-likeness (QED) is 0.676. The molecule has 0 aromatic carbocycles. The largest absolute Gasteiger partial charge is 0.300 e. The molecule has 1 saturated heterocycles. The Kier molecular flexibility index (Phi) is 2.55. The van der Waals surface area contributed by atoms with E-state index in [4.69, 9.17) is 0 Å². The van der Waals surface area contributed by atoms with Crippen LogP contribution in [0.1, 0.15) is 5.01 Å². The minimum atomic E-state index is -0.184. The maximum Gasteiger partial charge on any atom is 0.243 e. The number of thiazole rings is 1. The molecule has 1 aliphatic rings. The van der Waals surface area contributed by atoms with E-state index in [-0.39, 0.29) is 24.9 Å². The summed E-state index contributed by atoms with van der Waals surface area (Å²) in [7, 11) is 0. The van der Waals surface area contributed by atoms with Gasteiger partial charge in [-0.1, -0.05) is 0 Å². The van der Waals surface area contributed by atoms with Gasteiger partial charge < -0.3 is 0 Å². The highest BCUT2D eigenvalue weighted by molar-refractivity contribution is 7.09. The summed E-state index contributed by atoms with van der Waals surface area (Å²) < 4.78 is 0. The number of carbonyl (C=O) groups excluding carboxylic acids is 2. The number of aromatic nitrogens is 1. The summed E-state index contributed by atoms with van der Waals surface area (Å²) in [5, 5.41) is 5.35. The summed E-state index contributed by atoms with van der Waals surface area (Å²) in [5.41, 5.74) is 0. The lowest BCUT2D eigenvalue weighted by atomic mass is 10.3. The van der Waals surface area contributed by atoms with Gasteiger partial charge in [0.15, 0.2) is 0 Å². The fraction of sp³-hybridized carbons (Fsp3) is 0.375. The summed E-state index contributed by atoms with van der Waals surface area (Å²) in [6.45, 7) is 0.769. The first-order valence-corrected chi connectivity index (χ1v) is 5.07. The maximum atomic E-state index is 11.4. The van der Waals surface area contributed by atoms with Gasteiger partial charge in [-0.15, -0.1) is 11.3 Å². The molecule has 1 aromatic rings. The molecule has 5 nitrogen and oxygen atoms in total. The number of hydrogen-bond donors (Lipinski definition) is 1. The summed E-state index contributed by atoms with van der Waals surface area (Å²) in [4.78, 5) is 28.0. The summed E-state index contributed by atoms with van der Waals surface area (Å²) in [6.07, 6.45) is 1.66. The number of carbonyl (C=O) groups is 2. The van der Waals surface area contributed by atoms with Crippen molar-refractivity contribution >= 4 is 23.2 Å². The molecule has 1 aromatic heterocycles. The molecule has 0 bridgehead atoms. The highest BCUT2D eigenvalue weighted by atomic mass is 32.1. The van der Waals surface area contributed by atoms with E-state index in [1.165, 1.54) is 16.2 Å². The molecule has 1 fully saturated rings. The van der Waals surface area contributed by atoms with Crippen LogP contribution < -0.4 is 5.32 Å². The molecule has 6 heteroatoms. The predicted molar refractivity (Wildman–Crippen MR) is 50.5 cm³/mol. The molecular formula is C8H9N3O2S. The van der Waals surface area contributed by atoms with E-state index in [2.05, 4.69) is 10.3 Å². The number of nitrogens with zero attached hydrogens (tertiary/aromatic N) is 2. The molecule has 1 N–H and O–H groups in total. The zero-order valence-corrected chi connectivity index (χ0v) is 8.21. The Labute approximate surface area is 84.7 Å². The minimum Gasteiger partial charge on any atom is -0.300 e. The molecule has 74 valence electrons. The Morgan fingerprint density at radius 1 is 1.43 bits per heavy atom. The molecule has 0 unspecified atom stereocenters. The van der Waals surface area contributed by atoms with Crippen molar-refractivity contribution in [2.24, 2.45) is 0 Å². The van der Waals surface area contributed by atoms with E-state index < -0.39 is 0 Å². The van der Waals surface area contributed by atoms with Gasteiger partial charge in [0.1, 0.15) is 5.01 Å². The van der Waals surface area contributed by atoms with Crippen molar-refractivity contribution in [2.75, 3.05) is 13.1 Å². The fourth-order valence-electron chi connectivity index (χ4n) is 1.25. The van der Waals surface area contributed by atoms with Crippen LogP contribution in [0.25, 0.3) is 0 Å². The Hall–Kier alpha value is -1.27. The van der Waals surface area contributed by atoms with E-state index in [9.17, 15) is 9.59 Å². The van der Waals surface area contributed by atoms with Gasteiger partial charge in [0.05, 0.1) is 19.6 Å². The second kappa shape index (κ2) is 3.85. The van der Waals surface area contributed by atoms with Crippen molar-refractivity contribution in [2.45, 2.75) is 6.54 Å². The molecule has 0 atom stereocenters. The van der Waals surface area contributed by atoms with Gasteiger partial charge in [-0.25, -0.2) is 4.98 Å². The third kappa shape index (κ3) is 1.80. The smallest absolute Gasteiger partial charge is 0.243 e. The molecule has 2 rings (SSSR count). The number of hydrogen-bond acceptors (Lipinski definition) is 5. The monoisotopic (exact) mass is 211 g/mol. The number of rotatable bonds is 2. The average molecular weight is 211 g/mol. The lowest BCUT2D eigenvalue weighted by molar-refractivity contribution is -0.147. The van der Waals surface area contributed by atoms with Crippen LogP contribution >= 0.6 is 11.3 Å². The molecule has 2 amide bonds. The summed E-state index contributed by atoms with van der Waals surface area (Å²) in [6, 6.07) is 0. The van der Waals surface area contributed by atoms with Crippen molar-refractivity contribution in [3.05, 3.63) is 16.6 Å². The Balaban J connectivity index is 2.08. The Morgan fingerprint density at radius 2 is 2.14 bits per heavy atom. The summed E-state index contributed by atoms with van der Waals surface area (Å²) >= 11 is 1.44. The van der Waals surface area contributed by atoms with Crippen molar-refractivity contribution in [3.63, 3.8) is 0 Å². The number of piperazine rings is 1. The van der Waals surface area contributed by atoms with Crippen LogP contribution in [0.4, 0.5) is 0 Å². The zero-order valence-electron chi connectivity index (χ0n) is 7.40. The van der Waals surface area contributed by atoms with Crippen LogP contribution in [0.15, 0.2) is 11.6 Å². The van der Waals surface area contributed by atoms with E-state index in [1.807, 2.05) is 5.38 Å². The SMILES string of the molecule is O=C1CNCC(=O)N1Cc1nccs1. The van der Waals surface area contributed by atoms with Gasteiger partial charge in [-0.3, -0.25) is 19.8 Å². The van der Waals surface area contributed by atoms with E-state index >= 15 is 0 Å². The van der Waals surface area contributed by atoms with E-state index in [1.54, 1.807) is 6.20 Å². The average Bonchev–Trinajstić information content (AvgIpc) is 2.64. The first-order valence-electron chi connectivity index (χ1n) is 4.19. The van der Waals surface area contributed by atoms with E-state index in [0.29, 0.717) is 6.54 Å². The van der Waals surface area contributed by atoms with Crippen molar-refractivity contribution < 1.29 is 9.59 Å². The van der Waals surface area contributed by atoms with Crippen molar-refractivity contribution in [1.29, 1.82) is 0 Å². The number of amides is 2. The lowest BCUT2D eigenvalue weighted by Crippen LogP contribution is -2.51. The van der Waals surface area contributed by atoms with Crippen molar-refractivity contribution in [3.8, 4) is 0 Å². The van der Waals surface area contributed by atoms with Gasteiger partial charge in [0, 0.05) is 11.6 Å². The second-order valence-corrected chi connectivity index (χ2v) is 3.88. The second-order valence-electron chi connectivity index (χ2n) is 2.90. The van der Waals surface area contributed by atoms with Crippen molar-refractivity contribution in [1.82, 2.24) is 15.2 Å². The van der Waals surface area contributed by atoms with Crippen LogP contribution in [-0.4, -0.2) is 34.8 Å². The van der Waals surface area contributed by atoms with Crippen LogP contribution in [0.5, 0.6) is 0 Å². The predicted octanol–water partition coefficient (Wildman–Crippen LogP) is -0.398. The molecule has 1 aliphatic heterocycles. The van der Waals surface area contributed by atoms with Crippen LogP contribution in [0.2, 0.25) is 0 Å². The van der Waals surface area contributed by atoms with Gasteiger partial charge >= 0.3 is 0 Å². The standard InChI is InChI=1S/C8H9N3O2S/c12-7-3-9-4-8(13)11(7)5-6-10-1-2-14-6/h1-2,9H,3-5H2. The highest BCUT2D eigenvalue weighted by Crippen LogP contribution is 2.09. The third-order valence-electron chi connectivity index (χ3n) is 1.93. The molecule has 2 heterocycles. The normalized spacial score (nSPS) is 17.6. The first kappa shape index (κ1) is 9.29. The van der Waals surface area contributed by atoms with Gasteiger partial charge in [0.2, 0.25) is 11.8 Å². The Morgan fingerprint density at radius 3 is 2.71 bits per heavy atom. The fourth-order valence-corrected chi connectivity index (χ4v) is 1.85. The zero-order chi connectivity index (χ0) is 9.97. The number of nitrogens with one attached hydrogen (secondary N) is 1. The molecule has 14 heavy (non-hydrogen) atoms. The third-order valence-corrected chi connectivity index (χ3v) is 2.70. The molecule has 0 saturated carbocycles. The molecule has 0 spiro atoms. The van der Waals surface area contributed by atoms with Crippen LogP contribution in [0, 0.1) is 0 Å². The molecule has 0 radical (unpaired) electrons. The van der Waals surface area contributed by atoms with Gasteiger partial charge in [-0.05, 0) is 0 Å². The lowest BCUT2D eigenvalue weighted by Gasteiger charge is -2.24. The number of imide groups is 1. The maximum absolute atomic E-state index is 11.4. The van der Waals surface area contributed by atoms with Crippen LogP contribution in [-0.2, 0) is 16.1 Å².